The molecule has 1 amide bonds. The number of rotatable bonds is 6. The highest BCUT2D eigenvalue weighted by Crippen LogP contribution is 2.29. The van der Waals surface area contributed by atoms with E-state index in [-0.39, 0.29) is 22.4 Å². The number of anilines is 2. The third-order valence-corrected chi connectivity index (χ3v) is 6.82. The summed E-state index contributed by atoms with van der Waals surface area (Å²) in [6.07, 6.45) is 5.79. The first-order chi connectivity index (χ1) is 15.3. The first-order valence-electron chi connectivity index (χ1n) is 10.3. The van der Waals surface area contributed by atoms with Crippen molar-refractivity contribution in [1.29, 1.82) is 0 Å². The van der Waals surface area contributed by atoms with E-state index < -0.39 is 10.0 Å². The molecule has 0 bridgehead atoms. The number of benzene rings is 1. The minimum absolute atomic E-state index is 0.0662. The second-order valence-electron chi connectivity index (χ2n) is 7.73. The standard InChI is InChI=1S/C22H25N5O4S/c1-14-7-6-8-15(2)20(14)26-32(29,30)18-11-16(12-24-22(18)31-3)25-21(28)17-13-23-19-9-4-5-10-27(17)19/h6-8,11-13,26H,4-5,9-10H2,1-3H3,(H,25,28). The van der Waals surface area contributed by atoms with Crippen LogP contribution in [0.2, 0.25) is 0 Å². The highest BCUT2D eigenvalue weighted by atomic mass is 32.2. The van der Waals surface area contributed by atoms with Crippen molar-refractivity contribution in [3.05, 3.63) is 59.3 Å². The molecular formula is C22H25N5O4S. The van der Waals surface area contributed by atoms with E-state index in [0.717, 1.165) is 42.8 Å². The molecule has 2 aromatic heterocycles. The number of carbonyl (C=O) groups is 1. The Balaban J connectivity index is 1.64. The molecule has 0 spiro atoms. The van der Waals surface area contributed by atoms with Gasteiger partial charge in [0.2, 0.25) is 5.88 Å². The first-order valence-corrected chi connectivity index (χ1v) is 11.8. The normalized spacial score (nSPS) is 13.3. The van der Waals surface area contributed by atoms with E-state index in [2.05, 4.69) is 20.0 Å². The van der Waals surface area contributed by atoms with E-state index in [9.17, 15) is 13.2 Å². The lowest BCUT2D eigenvalue weighted by Gasteiger charge is -2.17. The molecule has 0 atom stereocenters. The van der Waals surface area contributed by atoms with E-state index in [1.807, 2.05) is 36.6 Å². The number of nitrogens with one attached hydrogen (secondary N) is 2. The van der Waals surface area contributed by atoms with E-state index in [0.29, 0.717) is 11.4 Å². The third-order valence-electron chi connectivity index (χ3n) is 5.48. The lowest BCUT2D eigenvalue weighted by atomic mass is 10.1. The second-order valence-corrected chi connectivity index (χ2v) is 9.38. The van der Waals surface area contributed by atoms with Gasteiger partial charge >= 0.3 is 0 Å². The minimum Gasteiger partial charge on any atom is -0.480 e. The molecule has 168 valence electrons. The number of aryl methyl sites for hydroxylation is 3. The van der Waals surface area contributed by atoms with Gasteiger partial charge in [-0.1, -0.05) is 18.2 Å². The molecule has 0 saturated carbocycles. The molecule has 1 aromatic carbocycles. The van der Waals surface area contributed by atoms with Gasteiger partial charge < -0.3 is 14.6 Å². The number of aromatic nitrogens is 3. The molecule has 0 unspecified atom stereocenters. The van der Waals surface area contributed by atoms with Gasteiger partial charge in [0, 0.05) is 13.0 Å². The van der Waals surface area contributed by atoms with Crippen molar-refractivity contribution in [3.8, 4) is 5.88 Å². The predicted molar refractivity (Wildman–Crippen MR) is 121 cm³/mol. The number of amides is 1. The number of para-hydroxylation sites is 1. The number of nitrogens with zero attached hydrogens (tertiary/aromatic N) is 3. The van der Waals surface area contributed by atoms with Crippen LogP contribution in [-0.2, 0) is 23.0 Å². The van der Waals surface area contributed by atoms with Crippen molar-refractivity contribution in [3.63, 3.8) is 0 Å². The van der Waals surface area contributed by atoms with Gasteiger partial charge in [0.15, 0.2) is 4.90 Å². The van der Waals surface area contributed by atoms with Gasteiger partial charge in [-0.3, -0.25) is 9.52 Å². The van der Waals surface area contributed by atoms with Crippen LogP contribution in [0.5, 0.6) is 5.88 Å². The summed E-state index contributed by atoms with van der Waals surface area (Å²) in [5.41, 5.74) is 2.75. The summed E-state index contributed by atoms with van der Waals surface area (Å²) < 4.78 is 36.1. The van der Waals surface area contributed by atoms with Crippen molar-refractivity contribution >= 4 is 27.3 Å². The number of carbonyl (C=O) groups excluding carboxylic acids is 1. The predicted octanol–water partition coefficient (Wildman–Crippen LogP) is 3.29. The Labute approximate surface area is 186 Å². The Kier molecular flexibility index (Phi) is 5.88. The molecule has 0 radical (unpaired) electrons. The molecule has 10 heteroatoms. The second kappa shape index (κ2) is 8.62. The molecule has 2 N–H and O–H groups in total. The van der Waals surface area contributed by atoms with Crippen LogP contribution >= 0.6 is 0 Å². The van der Waals surface area contributed by atoms with Gasteiger partial charge in [0.05, 0.1) is 30.9 Å². The highest BCUT2D eigenvalue weighted by Gasteiger charge is 2.24. The highest BCUT2D eigenvalue weighted by molar-refractivity contribution is 7.92. The van der Waals surface area contributed by atoms with Gasteiger partial charge in [0.25, 0.3) is 15.9 Å². The van der Waals surface area contributed by atoms with Crippen LogP contribution < -0.4 is 14.8 Å². The lowest BCUT2D eigenvalue weighted by Crippen LogP contribution is -2.21. The molecule has 1 aliphatic rings. The quantitative estimate of drug-likeness (QED) is 0.589. The first kappa shape index (κ1) is 21.8. The van der Waals surface area contributed by atoms with Crippen molar-refractivity contribution in [2.75, 3.05) is 17.1 Å². The Morgan fingerprint density at radius 3 is 2.59 bits per heavy atom. The van der Waals surface area contributed by atoms with Crippen LogP contribution in [0.25, 0.3) is 0 Å². The fourth-order valence-electron chi connectivity index (χ4n) is 3.80. The summed E-state index contributed by atoms with van der Waals surface area (Å²) in [7, 11) is -2.69. The van der Waals surface area contributed by atoms with Crippen LogP contribution in [0.15, 0.2) is 41.6 Å². The van der Waals surface area contributed by atoms with Crippen molar-refractivity contribution < 1.29 is 17.9 Å². The number of hydrogen-bond acceptors (Lipinski definition) is 6. The topological polar surface area (TPSA) is 115 Å². The molecule has 0 fully saturated rings. The number of pyridine rings is 1. The molecule has 9 nitrogen and oxygen atoms in total. The maximum atomic E-state index is 13.2. The van der Waals surface area contributed by atoms with Crippen LogP contribution in [0.3, 0.4) is 0 Å². The van der Waals surface area contributed by atoms with Gasteiger partial charge in [0.1, 0.15) is 11.5 Å². The van der Waals surface area contributed by atoms with Crippen LogP contribution in [0.1, 0.15) is 40.3 Å². The fraction of sp³-hybridized carbons (Fsp3) is 0.318. The third kappa shape index (κ3) is 4.18. The number of ether oxygens (including phenoxy) is 1. The zero-order chi connectivity index (χ0) is 22.9. The number of hydrogen-bond donors (Lipinski definition) is 2. The van der Waals surface area contributed by atoms with Crippen molar-refractivity contribution in [1.82, 2.24) is 14.5 Å². The number of sulfonamides is 1. The smallest absolute Gasteiger partial charge is 0.273 e. The summed E-state index contributed by atoms with van der Waals surface area (Å²) >= 11 is 0. The molecule has 32 heavy (non-hydrogen) atoms. The number of imidazole rings is 1. The average molecular weight is 456 g/mol. The maximum absolute atomic E-state index is 13.2. The Hall–Kier alpha value is -3.40. The maximum Gasteiger partial charge on any atom is 0.273 e. The minimum atomic E-state index is -4.03. The van der Waals surface area contributed by atoms with E-state index >= 15 is 0 Å². The van der Waals surface area contributed by atoms with Crippen LogP contribution in [-0.4, -0.2) is 36.0 Å². The summed E-state index contributed by atoms with van der Waals surface area (Å²) in [4.78, 5) is 21.1. The van der Waals surface area contributed by atoms with E-state index in [1.165, 1.54) is 19.4 Å². The SMILES string of the molecule is COc1ncc(NC(=O)c2cnc3n2CCCC3)cc1S(=O)(=O)Nc1c(C)cccc1C. The molecule has 3 aromatic rings. The lowest BCUT2D eigenvalue weighted by molar-refractivity contribution is 0.101. The Morgan fingerprint density at radius 2 is 1.88 bits per heavy atom. The van der Waals surface area contributed by atoms with Gasteiger partial charge in [-0.25, -0.2) is 18.4 Å². The summed E-state index contributed by atoms with van der Waals surface area (Å²) in [6, 6.07) is 6.84. The van der Waals surface area contributed by atoms with Crippen LogP contribution in [0.4, 0.5) is 11.4 Å². The summed E-state index contributed by atoms with van der Waals surface area (Å²) in [5, 5.41) is 2.73. The van der Waals surface area contributed by atoms with E-state index in [1.54, 1.807) is 6.20 Å². The Bertz CT molecular complexity index is 1260. The molecule has 0 aliphatic carbocycles. The van der Waals surface area contributed by atoms with Gasteiger partial charge in [-0.15, -0.1) is 0 Å². The zero-order valence-electron chi connectivity index (χ0n) is 18.2. The Morgan fingerprint density at radius 1 is 1.12 bits per heavy atom. The number of methoxy groups -OCH3 is 1. The molecular weight excluding hydrogens is 430 g/mol. The van der Waals surface area contributed by atoms with Crippen molar-refractivity contribution in [2.24, 2.45) is 0 Å². The van der Waals surface area contributed by atoms with E-state index in [4.69, 9.17) is 4.74 Å². The molecule has 3 heterocycles. The van der Waals surface area contributed by atoms with Gasteiger partial charge in [-0.2, -0.15) is 0 Å². The summed E-state index contributed by atoms with van der Waals surface area (Å²) in [6.45, 7) is 4.38. The molecule has 0 saturated heterocycles. The van der Waals surface area contributed by atoms with Crippen molar-refractivity contribution in [2.45, 2.75) is 44.6 Å². The zero-order valence-corrected chi connectivity index (χ0v) is 19.0. The van der Waals surface area contributed by atoms with Crippen LogP contribution in [0, 0.1) is 13.8 Å². The number of fused-ring (bicyclic) bond motifs is 1. The average Bonchev–Trinajstić information content (AvgIpc) is 3.21. The largest absolute Gasteiger partial charge is 0.480 e. The fourth-order valence-corrected chi connectivity index (χ4v) is 5.15. The molecule has 4 rings (SSSR count). The molecule has 1 aliphatic heterocycles. The summed E-state index contributed by atoms with van der Waals surface area (Å²) in [5.74, 6) is 0.447. The van der Waals surface area contributed by atoms with Gasteiger partial charge in [-0.05, 0) is 43.9 Å². The monoisotopic (exact) mass is 455 g/mol.